The number of hydrogen-bond acceptors (Lipinski definition) is 3. The molecule has 3 nitrogen and oxygen atoms in total. The lowest BCUT2D eigenvalue weighted by Crippen LogP contribution is -2.36. The first kappa shape index (κ1) is 13.1. The summed E-state index contributed by atoms with van der Waals surface area (Å²) in [6.45, 7) is 6.20. The highest BCUT2D eigenvalue weighted by Crippen LogP contribution is 2.20. The summed E-state index contributed by atoms with van der Waals surface area (Å²) in [5, 5.41) is 4.35. The van der Waals surface area contributed by atoms with Crippen LogP contribution in [0, 0.1) is 0 Å². The van der Waals surface area contributed by atoms with Gasteiger partial charge in [0.15, 0.2) is 0 Å². The fourth-order valence-corrected chi connectivity index (χ4v) is 2.63. The second kappa shape index (κ2) is 6.01. The summed E-state index contributed by atoms with van der Waals surface area (Å²) in [6, 6.07) is 4.36. The Hall–Kier alpha value is -0.350. The van der Waals surface area contributed by atoms with Gasteiger partial charge < -0.3 is 5.32 Å². The second-order valence-electron chi connectivity index (χ2n) is 4.29. The molecule has 17 heavy (non-hydrogen) atoms. The number of nitrogens with one attached hydrogen (secondary N) is 1. The van der Waals surface area contributed by atoms with Crippen LogP contribution in [0.1, 0.15) is 18.9 Å². The molecule has 1 fully saturated rings. The number of pyridine rings is 1. The molecular formula is C12H17Cl2N3. The molecule has 1 aliphatic heterocycles. The summed E-state index contributed by atoms with van der Waals surface area (Å²) in [7, 11) is 0. The van der Waals surface area contributed by atoms with Crippen molar-refractivity contribution < 1.29 is 0 Å². The third kappa shape index (κ3) is 3.32. The van der Waals surface area contributed by atoms with Gasteiger partial charge in [0, 0.05) is 24.7 Å². The van der Waals surface area contributed by atoms with Gasteiger partial charge in [0.25, 0.3) is 0 Å². The highest BCUT2D eigenvalue weighted by atomic mass is 35.5. The molecule has 94 valence electrons. The average Bonchev–Trinajstić information content (AvgIpc) is 2.81. The van der Waals surface area contributed by atoms with Crippen molar-refractivity contribution in [2.45, 2.75) is 25.9 Å². The molecule has 0 aliphatic carbocycles. The molecule has 1 saturated heterocycles. The molecule has 0 spiro atoms. The first-order valence-corrected chi connectivity index (χ1v) is 6.72. The Balaban J connectivity index is 2.06. The molecule has 0 radical (unpaired) electrons. The third-order valence-electron chi connectivity index (χ3n) is 3.22. The normalized spacial score (nSPS) is 20.1. The van der Waals surface area contributed by atoms with Crippen molar-refractivity contribution in [3.8, 4) is 0 Å². The molecule has 5 heteroatoms. The van der Waals surface area contributed by atoms with Crippen molar-refractivity contribution >= 4 is 23.2 Å². The zero-order valence-electron chi connectivity index (χ0n) is 9.92. The molecule has 1 atom stereocenters. The van der Waals surface area contributed by atoms with E-state index in [2.05, 4.69) is 22.1 Å². The minimum Gasteiger partial charge on any atom is -0.315 e. The predicted molar refractivity (Wildman–Crippen MR) is 71.6 cm³/mol. The number of rotatable bonds is 4. The minimum absolute atomic E-state index is 0.448. The van der Waals surface area contributed by atoms with Crippen LogP contribution in [0.2, 0.25) is 10.3 Å². The molecule has 1 N–H and O–H groups in total. The van der Waals surface area contributed by atoms with E-state index >= 15 is 0 Å². The molecule has 0 bridgehead atoms. The van der Waals surface area contributed by atoms with Crippen LogP contribution >= 0.6 is 23.2 Å². The van der Waals surface area contributed by atoms with Crippen molar-refractivity contribution in [3.05, 3.63) is 28.0 Å². The summed E-state index contributed by atoms with van der Waals surface area (Å²) in [6.07, 6.45) is 1.20. The first-order chi connectivity index (χ1) is 8.20. The highest BCUT2D eigenvalue weighted by Gasteiger charge is 2.21. The van der Waals surface area contributed by atoms with E-state index < -0.39 is 0 Å². The van der Waals surface area contributed by atoms with Crippen LogP contribution in [-0.2, 0) is 6.54 Å². The largest absolute Gasteiger partial charge is 0.315 e. The van der Waals surface area contributed by atoms with Gasteiger partial charge in [-0.1, -0.05) is 36.2 Å². The van der Waals surface area contributed by atoms with Crippen molar-refractivity contribution in [1.29, 1.82) is 0 Å². The fraction of sp³-hybridized carbons (Fsp3) is 0.583. The molecule has 2 rings (SSSR count). The van der Waals surface area contributed by atoms with Gasteiger partial charge in [-0.15, -0.1) is 0 Å². The van der Waals surface area contributed by atoms with Gasteiger partial charge in [0.2, 0.25) is 0 Å². The number of halogens is 2. The van der Waals surface area contributed by atoms with E-state index in [4.69, 9.17) is 23.2 Å². The fourth-order valence-electron chi connectivity index (χ4n) is 2.23. The van der Waals surface area contributed by atoms with Crippen LogP contribution in [0.15, 0.2) is 12.1 Å². The Morgan fingerprint density at radius 3 is 2.88 bits per heavy atom. The number of hydrogen-bond donors (Lipinski definition) is 1. The molecule has 1 aliphatic rings. The predicted octanol–water partition coefficient (Wildman–Crippen LogP) is 2.57. The number of likely N-dealkylation sites (N-methyl/N-ethyl adjacent to an activating group) is 1. The van der Waals surface area contributed by atoms with Gasteiger partial charge in [0.1, 0.15) is 10.3 Å². The maximum atomic E-state index is 6.10. The molecule has 0 aromatic carbocycles. The van der Waals surface area contributed by atoms with Crippen molar-refractivity contribution in [3.63, 3.8) is 0 Å². The lowest BCUT2D eigenvalue weighted by Gasteiger charge is -2.27. The second-order valence-corrected chi connectivity index (χ2v) is 5.04. The minimum atomic E-state index is 0.448. The molecule has 1 aromatic heterocycles. The third-order valence-corrected chi connectivity index (χ3v) is 3.76. The van der Waals surface area contributed by atoms with E-state index in [0.29, 0.717) is 16.3 Å². The van der Waals surface area contributed by atoms with E-state index in [1.54, 1.807) is 6.07 Å². The van der Waals surface area contributed by atoms with E-state index in [-0.39, 0.29) is 0 Å². The van der Waals surface area contributed by atoms with E-state index in [0.717, 1.165) is 31.7 Å². The summed E-state index contributed by atoms with van der Waals surface area (Å²) in [5.74, 6) is 0. The van der Waals surface area contributed by atoms with Gasteiger partial charge >= 0.3 is 0 Å². The van der Waals surface area contributed by atoms with Gasteiger partial charge in [-0.25, -0.2) is 4.98 Å². The lowest BCUT2D eigenvalue weighted by atomic mass is 10.2. The molecule has 2 heterocycles. The van der Waals surface area contributed by atoms with Gasteiger partial charge in [-0.3, -0.25) is 4.90 Å². The van der Waals surface area contributed by atoms with Crippen molar-refractivity contribution in [1.82, 2.24) is 15.2 Å². The Labute approximate surface area is 112 Å². The monoisotopic (exact) mass is 273 g/mol. The first-order valence-electron chi connectivity index (χ1n) is 5.96. The summed E-state index contributed by atoms with van der Waals surface area (Å²) >= 11 is 11.9. The van der Waals surface area contributed by atoms with Gasteiger partial charge in [-0.2, -0.15) is 0 Å². The molecular weight excluding hydrogens is 257 g/mol. The van der Waals surface area contributed by atoms with Gasteiger partial charge in [-0.05, 0) is 25.6 Å². The number of aromatic nitrogens is 1. The molecule has 1 unspecified atom stereocenters. The molecule has 1 aromatic rings. The standard InChI is InChI=1S/C12H17Cl2N3/c1-2-17(10-5-6-15-7-10)8-9-3-4-11(13)16-12(9)14/h3-4,10,15H,2,5-8H2,1H3. The zero-order valence-corrected chi connectivity index (χ0v) is 11.4. The Morgan fingerprint density at radius 1 is 1.47 bits per heavy atom. The quantitative estimate of drug-likeness (QED) is 0.855. The summed E-state index contributed by atoms with van der Waals surface area (Å²) < 4.78 is 0. The highest BCUT2D eigenvalue weighted by molar-refractivity contribution is 6.32. The average molecular weight is 274 g/mol. The topological polar surface area (TPSA) is 28.2 Å². The van der Waals surface area contributed by atoms with Crippen LogP contribution in [0.4, 0.5) is 0 Å². The van der Waals surface area contributed by atoms with E-state index in [1.807, 2.05) is 6.07 Å². The summed E-state index contributed by atoms with van der Waals surface area (Å²) in [5.41, 5.74) is 1.05. The van der Waals surface area contributed by atoms with Crippen molar-refractivity contribution in [2.75, 3.05) is 19.6 Å². The van der Waals surface area contributed by atoms with Crippen LogP contribution < -0.4 is 5.32 Å². The number of nitrogens with zero attached hydrogens (tertiary/aromatic N) is 2. The zero-order chi connectivity index (χ0) is 12.3. The molecule has 0 amide bonds. The lowest BCUT2D eigenvalue weighted by molar-refractivity contribution is 0.210. The molecule has 0 saturated carbocycles. The Kier molecular flexibility index (Phi) is 4.62. The van der Waals surface area contributed by atoms with Crippen LogP contribution in [0.3, 0.4) is 0 Å². The van der Waals surface area contributed by atoms with E-state index in [1.165, 1.54) is 6.42 Å². The Bertz CT molecular complexity index is 378. The van der Waals surface area contributed by atoms with E-state index in [9.17, 15) is 0 Å². The van der Waals surface area contributed by atoms with Crippen molar-refractivity contribution in [2.24, 2.45) is 0 Å². The van der Waals surface area contributed by atoms with Crippen LogP contribution in [-0.4, -0.2) is 35.6 Å². The smallest absolute Gasteiger partial charge is 0.135 e. The SMILES string of the molecule is CCN(Cc1ccc(Cl)nc1Cl)C1CCNC1. The Morgan fingerprint density at radius 2 is 2.29 bits per heavy atom. The maximum Gasteiger partial charge on any atom is 0.135 e. The van der Waals surface area contributed by atoms with Crippen LogP contribution in [0.25, 0.3) is 0 Å². The summed E-state index contributed by atoms with van der Waals surface area (Å²) in [4.78, 5) is 6.50. The maximum absolute atomic E-state index is 6.10. The van der Waals surface area contributed by atoms with Crippen LogP contribution in [0.5, 0.6) is 0 Å². The van der Waals surface area contributed by atoms with Gasteiger partial charge in [0.05, 0.1) is 0 Å².